The van der Waals surface area contributed by atoms with Crippen molar-refractivity contribution >= 4 is 34.0 Å². The summed E-state index contributed by atoms with van der Waals surface area (Å²) in [5, 5.41) is 11.8. The van der Waals surface area contributed by atoms with Crippen LogP contribution < -0.4 is 37.9 Å². The molecule has 14 heteroatoms. The van der Waals surface area contributed by atoms with Crippen LogP contribution in [-0.4, -0.2) is 94.0 Å². The molecule has 8 rings (SSSR count). The fourth-order valence-corrected chi connectivity index (χ4v) is 9.12. The molecule has 6 heterocycles. The second kappa shape index (κ2) is 51.4. The summed E-state index contributed by atoms with van der Waals surface area (Å²) >= 11 is 4.79. The van der Waals surface area contributed by atoms with Crippen molar-refractivity contribution in [1.29, 1.82) is 0 Å². The molecule has 0 N–H and O–H groups in total. The van der Waals surface area contributed by atoms with Crippen LogP contribution in [0.15, 0.2) is 56.5 Å². The Morgan fingerprint density at radius 1 is 0.376 bits per heavy atom. The first kappa shape index (κ1) is 91.3. The predicted molar refractivity (Wildman–Crippen MR) is 401 cm³/mol. The summed E-state index contributed by atoms with van der Waals surface area (Å²) in [5.41, 5.74) is 6.18. The summed E-state index contributed by atoms with van der Waals surface area (Å²) in [5.74, 6) is 32.9. The number of hydrogen-bond acceptors (Lipinski definition) is 14. The topological polar surface area (TPSA) is 102 Å². The third-order valence-electron chi connectivity index (χ3n) is 11.2. The lowest BCUT2D eigenvalue weighted by Crippen LogP contribution is -2.22. The van der Waals surface area contributed by atoms with Gasteiger partial charge in [-0.15, -0.1) is 34.0 Å². The molecule has 2 aromatic carbocycles. The van der Waals surface area contributed by atoms with Gasteiger partial charge in [-0.1, -0.05) is 130 Å². The van der Waals surface area contributed by atoms with E-state index in [-0.39, 0.29) is 33.9 Å². The average Bonchev–Trinajstić information content (AvgIpc) is 1.83. The van der Waals surface area contributed by atoms with Crippen molar-refractivity contribution in [2.24, 2.45) is 27.6 Å². The lowest BCUT2D eigenvalue weighted by Gasteiger charge is -2.13. The minimum atomic E-state index is -0.0665. The molecule has 5 aromatic rings. The van der Waals surface area contributed by atoms with E-state index in [0.717, 1.165) is 81.1 Å². The van der Waals surface area contributed by atoms with Gasteiger partial charge in [0, 0.05) is 111 Å². The molecule has 0 bridgehead atoms. The van der Waals surface area contributed by atoms with Crippen LogP contribution in [0.4, 0.5) is 0 Å². The summed E-state index contributed by atoms with van der Waals surface area (Å²) in [4.78, 5) is 0. The van der Waals surface area contributed by atoms with Gasteiger partial charge in [0.2, 0.25) is 0 Å². The van der Waals surface area contributed by atoms with Crippen molar-refractivity contribution in [2.45, 2.75) is 205 Å². The Bertz CT molecular complexity index is 2790. The number of benzene rings is 2. The fourth-order valence-electron chi connectivity index (χ4n) is 7.09. The molecule has 3 aliphatic heterocycles. The largest absolute Gasteiger partial charge is 0.495 e. The molecule has 0 radical (unpaired) electrons. The highest BCUT2D eigenvalue weighted by Crippen LogP contribution is 2.37. The molecule has 0 amide bonds. The number of ether oxygens (including phenoxy) is 11. The van der Waals surface area contributed by atoms with Gasteiger partial charge in [0.05, 0.1) is 77.5 Å². The first-order chi connectivity index (χ1) is 44.2. The van der Waals surface area contributed by atoms with Crippen LogP contribution in [0.5, 0.6) is 46.0 Å². The standard InChI is InChI=1S/C20H26O2.C20H26.3C9H12O3S.6C2H6/c1-19(2,3)11-9-15-13-18(22-8)16(14-17(15)21-7)10-12-20(4,5)6;1-15-13-18(10-12-20(6,7)8)16(2)14-17(15)9-11-19(3,4)5;1-10-2-7-3-11-8-5-13-6-9(8)12-4-7;2*1-10-4-7-2-3-11-8-5-13-6-9(8)12-7;6*1-2/h13-14H,1-8H3;13-14H,1-8H3;3*5-7H,2-4H2,1H3;6*1-2H3. The molecule has 524 valence electrons. The highest BCUT2D eigenvalue weighted by molar-refractivity contribution is 7.09. The van der Waals surface area contributed by atoms with Gasteiger partial charge >= 0.3 is 0 Å². The highest BCUT2D eigenvalue weighted by atomic mass is 32.1. The van der Waals surface area contributed by atoms with Crippen LogP contribution in [0, 0.1) is 88.8 Å². The first-order valence-corrected chi connectivity index (χ1v) is 36.1. The molecule has 0 fully saturated rings. The van der Waals surface area contributed by atoms with Gasteiger partial charge in [-0.2, -0.15) is 0 Å². The maximum Gasteiger partial charge on any atom is 0.172 e. The van der Waals surface area contributed by atoms with Gasteiger partial charge < -0.3 is 52.1 Å². The number of methoxy groups -OCH3 is 5. The maximum absolute atomic E-state index is 5.70. The molecule has 2 unspecified atom stereocenters. The van der Waals surface area contributed by atoms with E-state index in [0.29, 0.717) is 52.2 Å². The Labute approximate surface area is 580 Å². The van der Waals surface area contributed by atoms with E-state index >= 15 is 0 Å². The Balaban J connectivity index is -0.00000106. The van der Waals surface area contributed by atoms with Crippen LogP contribution >= 0.6 is 34.0 Å². The van der Waals surface area contributed by atoms with Crippen molar-refractivity contribution in [3.05, 3.63) is 89.9 Å². The van der Waals surface area contributed by atoms with Gasteiger partial charge in [-0.25, -0.2) is 0 Å². The van der Waals surface area contributed by atoms with Crippen LogP contribution in [0.25, 0.3) is 0 Å². The van der Waals surface area contributed by atoms with Crippen LogP contribution in [-0.2, 0) is 14.2 Å². The Kier molecular flexibility index (Phi) is 50.4. The van der Waals surface area contributed by atoms with Crippen molar-refractivity contribution in [3.8, 4) is 93.4 Å². The average molecular weight is 1350 g/mol. The molecule has 3 aliphatic rings. The van der Waals surface area contributed by atoms with Crippen molar-refractivity contribution in [3.63, 3.8) is 0 Å². The lowest BCUT2D eigenvalue weighted by molar-refractivity contribution is 0.0768. The third kappa shape index (κ3) is 40.2. The fraction of sp³-hybridized carbons (Fsp3) is 0.595. The molecule has 3 aromatic heterocycles. The zero-order chi connectivity index (χ0) is 71.8. The van der Waals surface area contributed by atoms with E-state index < -0.39 is 0 Å². The van der Waals surface area contributed by atoms with Crippen LogP contribution in [0.2, 0.25) is 0 Å². The molecule has 2 atom stereocenters. The maximum atomic E-state index is 5.70. The second-order valence-corrected chi connectivity index (χ2v) is 25.9. The molecule has 0 aliphatic carbocycles. The molecular weight excluding hydrogens is 1220 g/mol. The van der Waals surface area contributed by atoms with Crippen molar-refractivity contribution < 1.29 is 52.1 Å². The van der Waals surface area contributed by atoms with E-state index in [1.54, 1.807) is 69.6 Å². The van der Waals surface area contributed by atoms with E-state index in [2.05, 4.69) is 156 Å². The number of aryl methyl sites for hydroxylation is 2. The molecule has 93 heavy (non-hydrogen) atoms. The third-order valence-corrected chi connectivity index (χ3v) is 13.3. The normalized spacial score (nSPS) is 13.7. The minimum absolute atomic E-state index is 0.0328. The van der Waals surface area contributed by atoms with E-state index in [1.807, 2.05) is 127 Å². The summed E-state index contributed by atoms with van der Waals surface area (Å²) in [7, 11) is 8.35. The summed E-state index contributed by atoms with van der Waals surface area (Å²) in [6.45, 7) is 58.2. The lowest BCUT2D eigenvalue weighted by atomic mass is 9.94. The number of hydrogen-bond donors (Lipinski definition) is 0. The monoisotopic (exact) mass is 1340 g/mol. The Morgan fingerprint density at radius 2 is 0.645 bits per heavy atom. The van der Waals surface area contributed by atoms with Gasteiger partial charge in [-0.05, 0) is 120 Å². The highest BCUT2D eigenvalue weighted by Gasteiger charge is 2.22. The van der Waals surface area contributed by atoms with Gasteiger partial charge in [-0.3, -0.25) is 0 Å². The molecule has 11 nitrogen and oxygen atoms in total. The van der Waals surface area contributed by atoms with Crippen molar-refractivity contribution in [1.82, 2.24) is 0 Å². The summed E-state index contributed by atoms with van der Waals surface area (Å²) < 4.78 is 59.6. The summed E-state index contributed by atoms with van der Waals surface area (Å²) in [6.07, 6.45) is 2.02. The quantitative estimate of drug-likeness (QED) is 0.139. The second-order valence-electron chi connectivity index (χ2n) is 23.6. The first-order valence-electron chi connectivity index (χ1n) is 33.2. The zero-order valence-corrected chi connectivity index (χ0v) is 66.0. The molecule has 0 saturated heterocycles. The zero-order valence-electron chi connectivity index (χ0n) is 63.6. The van der Waals surface area contributed by atoms with Crippen molar-refractivity contribution in [2.75, 3.05) is 81.8 Å². The molecule has 0 saturated carbocycles. The predicted octanol–water partition coefficient (Wildman–Crippen LogP) is 21.4. The Morgan fingerprint density at radius 3 is 0.914 bits per heavy atom. The molecular formula is C79H124O11S3. The van der Waals surface area contributed by atoms with Gasteiger partial charge in [0.25, 0.3) is 0 Å². The number of fused-ring (bicyclic) bond motifs is 3. The number of thiophene rings is 3. The smallest absolute Gasteiger partial charge is 0.172 e. The van der Waals surface area contributed by atoms with Crippen LogP contribution in [0.3, 0.4) is 0 Å². The van der Waals surface area contributed by atoms with E-state index in [1.165, 1.54) is 11.1 Å². The molecule has 0 spiro atoms. The SMILES string of the molecule is CC.CC.CC.CC.CC.CC.COCC1CCOc2cscc2O1.COCC1CCOc2cscc2O1.COCC1COc2cscc2OC1.COc1cc(C#CC(C)(C)C)c(OC)cc1C#CC(C)(C)C.Cc1cc(C#CC(C)(C)C)c(C)cc1C#CC(C)(C)C. The number of rotatable bonds is 8. The minimum Gasteiger partial charge on any atom is -0.495 e. The van der Waals surface area contributed by atoms with E-state index in [4.69, 9.17) is 52.1 Å². The van der Waals surface area contributed by atoms with Gasteiger partial charge in [0.1, 0.15) is 23.7 Å². The Hall–Kier alpha value is -5.94. The van der Waals surface area contributed by atoms with Crippen LogP contribution in [0.1, 0.15) is 212 Å². The van der Waals surface area contributed by atoms with Gasteiger partial charge in [0.15, 0.2) is 34.5 Å². The van der Waals surface area contributed by atoms with E-state index in [9.17, 15) is 0 Å². The summed E-state index contributed by atoms with van der Waals surface area (Å²) in [6, 6.07) is 8.09.